The second-order valence-electron chi connectivity index (χ2n) is 2.32. The first-order valence-corrected chi connectivity index (χ1v) is 5.60. The molecule has 0 spiro atoms. The van der Waals surface area contributed by atoms with Crippen LogP contribution in [-0.2, 0) is 0 Å². The van der Waals surface area contributed by atoms with Crippen LogP contribution < -0.4 is 0 Å². The highest BCUT2D eigenvalue weighted by molar-refractivity contribution is 7.27. The van der Waals surface area contributed by atoms with Gasteiger partial charge in [0.2, 0.25) is 0 Å². The van der Waals surface area contributed by atoms with Crippen molar-refractivity contribution in [3.05, 3.63) is 22.4 Å². The largest absolute Gasteiger partial charge is 0.292 e. The predicted molar refractivity (Wildman–Crippen MR) is 54.8 cm³/mol. The smallest absolute Gasteiger partial charge is 0.187 e. The van der Waals surface area contributed by atoms with E-state index in [0.717, 1.165) is 4.88 Å². The summed E-state index contributed by atoms with van der Waals surface area (Å²) < 4.78 is 2.35. The van der Waals surface area contributed by atoms with Crippen LogP contribution >= 0.6 is 34.3 Å². The number of carbonyl (C=O) groups is 1. The average molecular weight is 217 g/mol. The van der Waals surface area contributed by atoms with E-state index in [1.807, 2.05) is 17.5 Å². The molecule has 12 heavy (non-hydrogen) atoms. The number of carbonyl (C=O) groups excluding carboxylic acids is 1. The summed E-state index contributed by atoms with van der Waals surface area (Å²) in [6.45, 7) is 0. The van der Waals surface area contributed by atoms with Crippen molar-refractivity contribution in [2.75, 3.05) is 5.88 Å². The first-order chi connectivity index (χ1) is 5.81. The molecule has 0 aliphatic carbocycles. The Hall–Kier alpha value is -0.380. The van der Waals surface area contributed by atoms with Crippen molar-refractivity contribution in [3.63, 3.8) is 0 Å². The quantitative estimate of drug-likeness (QED) is 0.556. The summed E-state index contributed by atoms with van der Waals surface area (Å²) in [6.07, 6.45) is 0. The molecule has 2 rings (SSSR count). The van der Waals surface area contributed by atoms with Crippen LogP contribution in [0.1, 0.15) is 9.67 Å². The Morgan fingerprint density at radius 1 is 1.50 bits per heavy atom. The van der Waals surface area contributed by atoms with Crippen LogP contribution in [-0.4, -0.2) is 11.7 Å². The van der Waals surface area contributed by atoms with Crippen LogP contribution in [0.2, 0.25) is 0 Å². The molecule has 2 heterocycles. The van der Waals surface area contributed by atoms with Gasteiger partial charge < -0.3 is 0 Å². The molecule has 0 aliphatic rings. The number of Topliss-reactive ketones (excluding diaryl/α,β-unsaturated/α-hetero) is 1. The molecule has 2 aromatic heterocycles. The lowest BCUT2D eigenvalue weighted by Crippen LogP contribution is -1.95. The van der Waals surface area contributed by atoms with Gasteiger partial charge in [0.05, 0.1) is 10.8 Å². The second-order valence-corrected chi connectivity index (χ2v) is 4.62. The fourth-order valence-corrected chi connectivity index (χ4v) is 3.24. The molecule has 0 aromatic carbocycles. The zero-order valence-corrected chi connectivity index (χ0v) is 8.43. The van der Waals surface area contributed by atoms with Crippen molar-refractivity contribution in [1.29, 1.82) is 0 Å². The third-order valence-corrected chi connectivity index (χ3v) is 3.91. The SMILES string of the molecule is O=C(CCl)c1cc2sccc2s1. The highest BCUT2D eigenvalue weighted by atomic mass is 35.5. The second kappa shape index (κ2) is 3.17. The molecule has 0 aliphatic heterocycles. The third kappa shape index (κ3) is 1.28. The van der Waals surface area contributed by atoms with Gasteiger partial charge in [0.1, 0.15) is 0 Å². The Morgan fingerprint density at radius 2 is 2.33 bits per heavy atom. The Balaban J connectivity index is 2.51. The summed E-state index contributed by atoms with van der Waals surface area (Å²) in [5.41, 5.74) is 0. The monoisotopic (exact) mass is 216 g/mol. The molecule has 0 fully saturated rings. The number of ketones is 1. The van der Waals surface area contributed by atoms with Gasteiger partial charge in [-0.1, -0.05) is 0 Å². The van der Waals surface area contributed by atoms with Crippen LogP contribution in [0.4, 0.5) is 0 Å². The summed E-state index contributed by atoms with van der Waals surface area (Å²) in [6, 6.07) is 3.94. The number of hydrogen-bond acceptors (Lipinski definition) is 3. The number of thiophene rings is 2. The van der Waals surface area contributed by atoms with Gasteiger partial charge >= 0.3 is 0 Å². The molecule has 4 heteroatoms. The molecule has 0 N–H and O–H groups in total. The van der Waals surface area contributed by atoms with Crippen molar-refractivity contribution in [1.82, 2.24) is 0 Å². The van der Waals surface area contributed by atoms with Crippen molar-refractivity contribution in [2.45, 2.75) is 0 Å². The Labute approximate surface area is 82.6 Å². The minimum Gasteiger partial charge on any atom is -0.292 e. The molecule has 1 nitrogen and oxygen atoms in total. The minimum atomic E-state index is 0.0186. The number of halogens is 1. The molecule has 0 unspecified atom stereocenters. The van der Waals surface area contributed by atoms with Gasteiger partial charge in [-0.3, -0.25) is 4.79 Å². The molecule has 0 atom stereocenters. The van der Waals surface area contributed by atoms with Gasteiger partial charge in [-0.25, -0.2) is 0 Å². The maximum atomic E-state index is 11.2. The molecule has 0 radical (unpaired) electrons. The molecule has 0 saturated carbocycles. The van der Waals surface area contributed by atoms with Crippen molar-refractivity contribution in [3.8, 4) is 0 Å². The average Bonchev–Trinajstić information content (AvgIpc) is 2.60. The van der Waals surface area contributed by atoms with Gasteiger partial charge in [-0.05, 0) is 17.5 Å². The Bertz CT molecular complexity index is 387. The van der Waals surface area contributed by atoms with Crippen molar-refractivity contribution >= 4 is 49.5 Å². The van der Waals surface area contributed by atoms with Crippen LogP contribution in [0.15, 0.2) is 17.5 Å². The van der Waals surface area contributed by atoms with Crippen molar-refractivity contribution < 1.29 is 4.79 Å². The Morgan fingerprint density at radius 3 is 3.00 bits per heavy atom. The lowest BCUT2D eigenvalue weighted by molar-refractivity contribution is 0.102. The fraction of sp³-hybridized carbons (Fsp3) is 0.125. The molecule has 62 valence electrons. The van der Waals surface area contributed by atoms with Crippen molar-refractivity contribution in [2.24, 2.45) is 0 Å². The van der Waals surface area contributed by atoms with Gasteiger partial charge in [-0.15, -0.1) is 34.3 Å². The topological polar surface area (TPSA) is 17.1 Å². The Kier molecular flexibility index (Phi) is 2.17. The predicted octanol–water partition coefficient (Wildman–Crippen LogP) is 3.38. The van der Waals surface area contributed by atoms with E-state index in [9.17, 15) is 4.79 Å². The van der Waals surface area contributed by atoms with Gasteiger partial charge in [0, 0.05) is 9.40 Å². The summed E-state index contributed by atoms with van der Waals surface area (Å²) >= 11 is 8.61. The minimum absolute atomic E-state index is 0.0186. The summed E-state index contributed by atoms with van der Waals surface area (Å²) in [5, 5.41) is 2.02. The third-order valence-electron chi connectivity index (χ3n) is 1.54. The lowest BCUT2D eigenvalue weighted by atomic mass is 10.3. The van der Waals surface area contributed by atoms with Crippen LogP contribution in [0.25, 0.3) is 9.40 Å². The first-order valence-electron chi connectivity index (χ1n) is 3.37. The van der Waals surface area contributed by atoms with Crippen LogP contribution in [0.3, 0.4) is 0 Å². The number of fused-ring (bicyclic) bond motifs is 1. The van der Waals surface area contributed by atoms with Crippen LogP contribution in [0.5, 0.6) is 0 Å². The van der Waals surface area contributed by atoms with Gasteiger partial charge in [-0.2, -0.15) is 0 Å². The lowest BCUT2D eigenvalue weighted by Gasteiger charge is -1.85. The van der Waals surface area contributed by atoms with Gasteiger partial charge in [0.15, 0.2) is 5.78 Å². The first kappa shape index (κ1) is 8.23. The number of alkyl halides is 1. The summed E-state index contributed by atoms with van der Waals surface area (Å²) in [7, 11) is 0. The van der Waals surface area contributed by atoms with E-state index < -0.39 is 0 Å². The number of rotatable bonds is 2. The molecule has 2 aromatic rings. The molecule has 0 amide bonds. The van der Waals surface area contributed by atoms with E-state index in [4.69, 9.17) is 11.6 Å². The normalized spacial score (nSPS) is 10.8. The van der Waals surface area contributed by atoms with E-state index in [1.165, 1.54) is 20.7 Å². The zero-order valence-electron chi connectivity index (χ0n) is 6.04. The number of hydrogen-bond donors (Lipinski definition) is 0. The maximum absolute atomic E-state index is 11.2. The molecule has 0 bridgehead atoms. The summed E-state index contributed by atoms with van der Waals surface area (Å²) in [4.78, 5) is 11.9. The highest BCUT2D eigenvalue weighted by Crippen LogP contribution is 2.30. The maximum Gasteiger partial charge on any atom is 0.187 e. The van der Waals surface area contributed by atoms with E-state index in [1.54, 1.807) is 11.3 Å². The fourth-order valence-electron chi connectivity index (χ4n) is 0.969. The highest BCUT2D eigenvalue weighted by Gasteiger charge is 2.08. The molecular formula is C8H5ClOS2. The van der Waals surface area contributed by atoms with E-state index in [2.05, 4.69) is 0 Å². The molecular weight excluding hydrogens is 212 g/mol. The van der Waals surface area contributed by atoms with Gasteiger partial charge in [0.25, 0.3) is 0 Å². The van der Waals surface area contributed by atoms with E-state index in [0.29, 0.717) is 0 Å². The van der Waals surface area contributed by atoms with Crippen LogP contribution in [0, 0.1) is 0 Å². The van der Waals surface area contributed by atoms with E-state index in [-0.39, 0.29) is 11.7 Å². The van der Waals surface area contributed by atoms with E-state index >= 15 is 0 Å². The molecule has 0 saturated heterocycles. The standard InChI is InChI=1S/C8H5ClOS2/c9-4-5(10)7-3-8-6(12-7)1-2-11-8/h1-3H,4H2. The summed E-state index contributed by atoms with van der Waals surface area (Å²) in [5.74, 6) is 0.0957. The zero-order chi connectivity index (χ0) is 8.55.